The Kier molecular flexibility index (Phi) is 8.42. The number of piperidine rings is 1. The Morgan fingerprint density at radius 1 is 0.970 bits per heavy atom. The van der Waals surface area contributed by atoms with Crippen molar-refractivity contribution in [3.63, 3.8) is 0 Å². The molecule has 1 amide bonds. The lowest BCUT2D eigenvalue weighted by molar-refractivity contribution is -0.143. The van der Waals surface area contributed by atoms with E-state index in [1.165, 1.54) is 13.8 Å². The van der Waals surface area contributed by atoms with Gasteiger partial charge in [0.15, 0.2) is 5.67 Å². The van der Waals surface area contributed by atoms with Crippen LogP contribution in [-0.2, 0) is 17.1 Å². The summed E-state index contributed by atoms with van der Waals surface area (Å²) in [5.74, 6) is -0.520. The van der Waals surface area contributed by atoms with Gasteiger partial charge < -0.3 is 15.5 Å². The lowest BCUT2D eigenvalue weighted by atomic mass is 9.96. The van der Waals surface area contributed by atoms with E-state index in [2.05, 4.69) is 22.1 Å². The van der Waals surface area contributed by atoms with E-state index >= 15 is 0 Å². The van der Waals surface area contributed by atoms with Gasteiger partial charge in [0, 0.05) is 25.3 Å². The quantitative estimate of drug-likeness (QED) is 0.519. The van der Waals surface area contributed by atoms with E-state index in [1.807, 2.05) is 0 Å². The van der Waals surface area contributed by atoms with E-state index in [1.54, 1.807) is 0 Å². The minimum atomic E-state index is -4.91. The lowest BCUT2D eigenvalue weighted by Crippen LogP contribution is -2.44. The number of rotatable bonds is 8. The number of benzene rings is 1. The van der Waals surface area contributed by atoms with Crippen molar-refractivity contribution in [1.29, 1.82) is 0 Å². The number of likely N-dealkylation sites (tertiary alicyclic amines) is 1. The highest BCUT2D eigenvalue weighted by Crippen LogP contribution is 2.37. The first kappa shape index (κ1) is 26.9. The van der Waals surface area contributed by atoms with Crippen LogP contribution in [0.2, 0.25) is 0 Å². The minimum Gasteiger partial charge on any atom is -0.385 e. The summed E-state index contributed by atoms with van der Waals surface area (Å²) < 4.78 is 91.7. The second kappa shape index (κ2) is 10.3. The normalized spacial score (nSPS) is 16.5. The minimum absolute atomic E-state index is 0.00872. The molecule has 1 aliphatic rings. The molecule has 2 rings (SSSR count). The summed E-state index contributed by atoms with van der Waals surface area (Å²) in [5, 5.41) is 5.40. The number of amides is 1. The van der Waals surface area contributed by atoms with Gasteiger partial charge in [-0.3, -0.25) is 4.79 Å². The Hall–Kier alpha value is -2.30. The maximum Gasteiger partial charge on any atom is 0.416 e. The zero-order valence-corrected chi connectivity index (χ0v) is 18.5. The third-order valence-electron chi connectivity index (χ3n) is 5.50. The standard InChI is InChI=1S/C22H28F7N3O/c1-14(16-10-17(21(24,25)26)12-18(11-16)22(27,28)29)31-13-15-4-7-32(8-5-15)9-6-30-19(33)20(2,3)23/h10-12,15,31H,1,4-9,13H2,2-3H3,(H,30,33). The Bertz CT molecular complexity index is 804. The fourth-order valence-electron chi connectivity index (χ4n) is 3.45. The molecule has 0 aliphatic carbocycles. The van der Waals surface area contributed by atoms with Crippen molar-refractivity contribution in [2.24, 2.45) is 5.92 Å². The average molecular weight is 483 g/mol. The van der Waals surface area contributed by atoms with Gasteiger partial charge in [0.2, 0.25) is 0 Å². The topological polar surface area (TPSA) is 44.4 Å². The molecule has 0 saturated carbocycles. The maximum absolute atomic E-state index is 13.5. The molecule has 1 fully saturated rings. The van der Waals surface area contributed by atoms with Crippen molar-refractivity contribution in [2.75, 3.05) is 32.7 Å². The molecule has 0 unspecified atom stereocenters. The van der Waals surface area contributed by atoms with Crippen molar-refractivity contribution >= 4 is 11.6 Å². The molecule has 1 aromatic rings. The third kappa shape index (κ3) is 8.21. The fraction of sp³-hybridized carbons (Fsp3) is 0.591. The van der Waals surface area contributed by atoms with Gasteiger partial charge in [-0.05, 0) is 69.5 Å². The van der Waals surface area contributed by atoms with E-state index in [9.17, 15) is 35.5 Å². The lowest BCUT2D eigenvalue weighted by Gasteiger charge is -2.32. The Morgan fingerprint density at radius 3 is 1.94 bits per heavy atom. The van der Waals surface area contributed by atoms with Gasteiger partial charge in [0.05, 0.1) is 11.1 Å². The summed E-state index contributed by atoms with van der Waals surface area (Å²) in [7, 11) is 0. The predicted octanol–water partition coefficient (Wildman–Crippen LogP) is 4.86. The summed E-state index contributed by atoms with van der Waals surface area (Å²) >= 11 is 0. The van der Waals surface area contributed by atoms with E-state index in [0.29, 0.717) is 44.9 Å². The molecule has 1 saturated heterocycles. The molecule has 0 aromatic heterocycles. The Labute approximate surface area is 188 Å². The van der Waals surface area contributed by atoms with Gasteiger partial charge in [0.25, 0.3) is 5.91 Å². The van der Waals surface area contributed by atoms with Crippen LogP contribution in [0.1, 0.15) is 43.4 Å². The number of hydrogen-bond donors (Lipinski definition) is 2. The first-order chi connectivity index (χ1) is 15.1. The van der Waals surface area contributed by atoms with E-state index in [-0.39, 0.29) is 23.2 Å². The van der Waals surface area contributed by atoms with Crippen LogP contribution >= 0.6 is 0 Å². The second-order valence-electron chi connectivity index (χ2n) is 8.67. The fourth-order valence-corrected chi connectivity index (χ4v) is 3.45. The van der Waals surface area contributed by atoms with Crippen LogP contribution in [0.4, 0.5) is 30.7 Å². The van der Waals surface area contributed by atoms with Crippen LogP contribution in [-0.4, -0.2) is 49.2 Å². The molecule has 2 N–H and O–H groups in total. The SMILES string of the molecule is C=C(NCC1CCN(CCNC(=O)C(C)(C)F)CC1)c1cc(C(F)(F)F)cc(C(F)(F)F)c1. The van der Waals surface area contributed by atoms with Gasteiger partial charge in [0.1, 0.15) is 0 Å². The molecule has 33 heavy (non-hydrogen) atoms. The predicted molar refractivity (Wildman–Crippen MR) is 111 cm³/mol. The van der Waals surface area contributed by atoms with Crippen LogP contribution in [0.15, 0.2) is 24.8 Å². The smallest absolute Gasteiger partial charge is 0.385 e. The monoisotopic (exact) mass is 483 g/mol. The highest BCUT2D eigenvalue weighted by atomic mass is 19.4. The van der Waals surface area contributed by atoms with Crippen molar-refractivity contribution < 1.29 is 35.5 Å². The summed E-state index contributed by atoms with van der Waals surface area (Å²) in [6.07, 6.45) is -8.33. The summed E-state index contributed by atoms with van der Waals surface area (Å²) in [5.41, 5.74) is -4.98. The number of hydrogen-bond acceptors (Lipinski definition) is 3. The molecule has 1 heterocycles. The van der Waals surface area contributed by atoms with Crippen molar-refractivity contribution in [3.8, 4) is 0 Å². The molecule has 1 aromatic carbocycles. The third-order valence-corrected chi connectivity index (χ3v) is 5.50. The maximum atomic E-state index is 13.5. The van der Waals surface area contributed by atoms with E-state index in [0.717, 1.165) is 12.8 Å². The van der Waals surface area contributed by atoms with Crippen LogP contribution in [0, 0.1) is 5.92 Å². The molecule has 0 atom stereocenters. The van der Waals surface area contributed by atoms with Crippen molar-refractivity contribution in [3.05, 3.63) is 41.5 Å². The number of carbonyl (C=O) groups excluding carboxylic acids is 1. The molecule has 186 valence electrons. The molecule has 0 radical (unpaired) electrons. The zero-order valence-electron chi connectivity index (χ0n) is 18.5. The molecular weight excluding hydrogens is 455 g/mol. The molecule has 1 aliphatic heterocycles. The van der Waals surface area contributed by atoms with Crippen LogP contribution in [0.3, 0.4) is 0 Å². The molecule has 0 bridgehead atoms. The first-order valence-corrected chi connectivity index (χ1v) is 10.5. The Balaban J connectivity index is 1.87. The number of nitrogens with one attached hydrogen (secondary N) is 2. The van der Waals surface area contributed by atoms with Crippen molar-refractivity contribution in [2.45, 2.75) is 44.7 Å². The van der Waals surface area contributed by atoms with E-state index < -0.39 is 35.1 Å². The summed E-state index contributed by atoms with van der Waals surface area (Å²) in [6, 6.07) is 1.39. The van der Waals surface area contributed by atoms with Crippen LogP contribution < -0.4 is 10.6 Å². The average Bonchev–Trinajstić information content (AvgIpc) is 2.70. The highest BCUT2D eigenvalue weighted by Gasteiger charge is 2.37. The first-order valence-electron chi connectivity index (χ1n) is 10.5. The number of nitrogens with zero attached hydrogens (tertiary/aromatic N) is 1. The number of carbonyl (C=O) groups is 1. The second-order valence-corrected chi connectivity index (χ2v) is 8.67. The van der Waals surface area contributed by atoms with Crippen molar-refractivity contribution in [1.82, 2.24) is 15.5 Å². The molecule has 4 nitrogen and oxygen atoms in total. The number of halogens is 7. The van der Waals surface area contributed by atoms with Crippen LogP contribution in [0.25, 0.3) is 5.70 Å². The van der Waals surface area contributed by atoms with Gasteiger partial charge in [-0.15, -0.1) is 0 Å². The molecular formula is C22H28F7N3O. The van der Waals surface area contributed by atoms with E-state index in [4.69, 9.17) is 0 Å². The Morgan fingerprint density at radius 2 is 1.48 bits per heavy atom. The van der Waals surface area contributed by atoms with Gasteiger partial charge in [-0.2, -0.15) is 26.3 Å². The van der Waals surface area contributed by atoms with Gasteiger partial charge in [-0.1, -0.05) is 6.58 Å². The zero-order chi connectivity index (χ0) is 25.0. The van der Waals surface area contributed by atoms with Crippen LogP contribution in [0.5, 0.6) is 0 Å². The van der Waals surface area contributed by atoms with Gasteiger partial charge in [-0.25, -0.2) is 4.39 Å². The molecule has 11 heteroatoms. The van der Waals surface area contributed by atoms with Gasteiger partial charge >= 0.3 is 12.4 Å². The summed E-state index contributed by atoms with van der Waals surface area (Å²) in [4.78, 5) is 13.6. The largest absolute Gasteiger partial charge is 0.416 e. The molecule has 0 spiro atoms. The number of alkyl halides is 7. The summed E-state index contributed by atoms with van der Waals surface area (Å²) in [6.45, 7) is 8.61. The highest BCUT2D eigenvalue weighted by molar-refractivity contribution is 5.84.